The van der Waals surface area contributed by atoms with Crippen LogP contribution in [0.4, 0.5) is 4.39 Å². The van der Waals surface area contributed by atoms with E-state index in [0.29, 0.717) is 11.3 Å². The summed E-state index contributed by atoms with van der Waals surface area (Å²) in [4.78, 5) is 0. The lowest BCUT2D eigenvalue weighted by Crippen LogP contribution is -2.41. The lowest BCUT2D eigenvalue weighted by Gasteiger charge is -2.36. The van der Waals surface area contributed by atoms with E-state index in [1.165, 1.54) is 13.2 Å². The van der Waals surface area contributed by atoms with Crippen molar-refractivity contribution in [1.29, 1.82) is 0 Å². The van der Waals surface area contributed by atoms with Gasteiger partial charge in [-0.1, -0.05) is 33.8 Å². The zero-order valence-electron chi connectivity index (χ0n) is 13.3. The molecule has 114 valence electrons. The number of benzene rings is 1. The summed E-state index contributed by atoms with van der Waals surface area (Å²) >= 11 is 0. The van der Waals surface area contributed by atoms with Gasteiger partial charge in [0.2, 0.25) is 0 Å². The molecule has 0 saturated carbocycles. The van der Waals surface area contributed by atoms with Gasteiger partial charge in [0.25, 0.3) is 0 Å². The second-order valence-electron chi connectivity index (χ2n) is 5.95. The van der Waals surface area contributed by atoms with Crippen LogP contribution in [0.1, 0.15) is 39.3 Å². The van der Waals surface area contributed by atoms with Gasteiger partial charge in [0.15, 0.2) is 0 Å². The van der Waals surface area contributed by atoms with E-state index >= 15 is 0 Å². The first-order valence-corrected chi connectivity index (χ1v) is 6.94. The fraction of sp³-hybridized carbons (Fsp3) is 0.625. The molecule has 2 atom stereocenters. The van der Waals surface area contributed by atoms with Crippen molar-refractivity contribution in [3.8, 4) is 5.75 Å². The Bertz CT molecular complexity index is 429. The number of hydrogen-bond acceptors (Lipinski definition) is 3. The fourth-order valence-corrected chi connectivity index (χ4v) is 2.48. The first-order chi connectivity index (χ1) is 9.35. The van der Waals surface area contributed by atoms with Gasteiger partial charge >= 0.3 is 0 Å². The molecule has 2 unspecified atom stereocenters. The SMILES string of the molecule is CCNC(c1ccc(OC)cc1F)C(OC)C(C)(C)C. The molecule has 0 amide bonds. The van der Waals surface area contributed by atoms with Crippen LogP contribution in [0, 0.1) is 11.2 Å². The molecular weight excluding hydrogens is 257 g/mol. The summed E-state index contributed by atoms with van der Waals surface area (Å²) in [6.07, 6.45) is -0.134. The number of ether oxygens (including phenoxy) is 2. The van der Waals surface area contributed by atoms with E-state index in [1.54, 1.807) is 19.2 Å². The summed E-state index contributed by atoms with van der Waals surface area (Å²) in [5, 5.41) is 3.33. The van der Waals surface area contributed by atoms with Crippen LogP contribution in [0.15, 0.2) is 18.2 Å². The van der Waals surface area contributed by atoms with E-state index in [0.717, 1.165) is 6.54 Å². The van der Waals surface area contributed by atoms with E-state index in [-0.39, 0.29) is 23.4 Å². The molecule has 20 heavy (non-hydrogen) atoms. The van der Waals surface area contributed by atoms with Crippen molar-refractivity contribution >= 4 is 0 Å². The average Bonchev–Trinajstić information content (AvgIpc) is 2.37. The summed E-state index contributed by atoms with van der Waals surface area (Å²) < 4.78 is 25.0. The van der Waals surface area contributed by atoms with Gasteiger partial charge in [-0.3, -0.25) is 0 Å². The first kappa shape index (κ1) is 16.9. The Morgan fingerprint density at radius 1 is 1.25 bits per heavy atom. The van der Waals surface area contributed by atoms with Crippen LogP contribution in [-0.2, 0) is 4.74 Å². The van der Waals surface area contributed by atoms with E-state index in [4.69, 9.17) is 9.47 Å². The molecule has 3 nitrogen and oxygen atoms in total. The van der Waals surface area contributed by atoms with Crippen LogP contribution < -0.4 is 10.1 Å². The minimum Gasteiger partial charge on any atom is -0.497 e. The Kier molecular flexibility index (Phi) is 5.96. The van der Waals surface area contributed by atoms with Crippen molar-refractivity contribution in [1.82, 2.24) is 5.32 Å². The monoisotopic (exact) mass is 283 g/mol. The highest BCUT2D eigenvalue weighted by Gasteiger charge is 2.34. The second kappa shape index (κ2) is 7.04. The molecule has 0 saturated heterocycles. The lowest BCUT2D eigenvalue weighted by atomic mass is 9.81. The molecule has 1 N–H and O–H groups in total. The third kappa shape index (κ3) is 3.93. The van der Waals surface area contributed by atoms with Crippen molar-refractivity contribution in [2.75, 3.05) is 20.8 Å². The van der Waals surface area contributed by atoms with E-state index in [9.17, 15) is 4.39 Å². The maximum absolute atomic E-state index is 14.3. The predicted molar refractivity (Wildman–Crippen MR) is 79.6 cm³/mol. The maximum Gasteiger partial charge on any atom is 0.131 e. The number of rotatable bonds is 6. The smallest absolute Gasteiger partial charge is 0.131 e. The maximum atomic E-state index is 14.3. The van der Waals surface area contributed by atoms with Gasteiger partial charge in [-0.15, -0.1) is 0 Å². The highest BCUT2D eigenvalue weighted by atomic mass is 19.1. The van der Waals surface area contributed by atoms with E-state index in [2.05, 4.69) is 26.1 Å². The summed E-state index contributed by atoms with van der Waals surface area (Å²) in [6.45, 7) is 9.02. The molecule has 0 aliphatic carbocycles. The van der Waals surface area contributed by atoms with Crippen LogP contribution in [0.25, 0.3) is 0 Å². The van der Waals surface area contributed by atoms with Crippen LogP contribution >= 0.6 is 0 Å². The third-order valence-corrected chi connectivity index (χ3v) is 3.38. The largest absolute Gasteiger partial charge is 0.497 e. The third-order valence-electron chi connectivity index (χ3n) is 3.38. The molecule has 0 aliphatic heterocycles. The summed E-state index contributed by atoms with van der Waals surface area (Å²) in [6, 6.07) is 4.75. The fourth-order valence-electron chi connectivity index (χ4n) is 2.48. The van der Waals surface area contributed by atoms with Gasteiger partial charge in [-0.05, 0) is 18.0 Å². The molecule has 0 aromatic heterocycles. The molecule has 0 aliphatic rings. The molecule has 1 aromatic rings. The molecule has 0 radical (unpaired) electrons. The normalized spacial score (nSPS) is 14.9. The first-order valence-electron chi connectivity index (χ1n) is 6.94. The molecular formula is C16H26FNO2. The molecule has 0 fully saturated rings. The van der Waals surface area contributed by atoms with Crippen LogP contribution in [-0.4, -0.2) is 26.9 Å². The van der Waals surface area contributed by atoms with Crippen molar-refractivity contribution in [3.63, 3.8) is 0 Å². The quantitative estimate of drug-likeness (QED) is 0.866. The van der Waals surface area contributed by atoms with Gasteiger partial charge in [0.1, 0.15) is 11.6 Å². The molecule has 0 spiro atoms. The number of halogens is 1. The average molecular weight is 283 g/mol. The highest BCUT2D eigenvalue weighted by molar-refractivity contribution is 5.31. The standard InChI is InChI=1S/C16H26FNO2/c1-7-18-14(15(20-6)16(2,3)4)12-9-8-11(19-5)10-13(12)17/h8-10,14-15,18H,7H2,1-6H3. The van der Waals surface area contributed by atoms with Crippen molar-refractivity contribution in [2.45, 2.75) is 39.8 Å². The highest BCUT2D eigenvalue weighted by Crippen LogP contribution is 2.34. The Hall–Kier alpha value is -1.13. The van der Waals surface area contributed by atoms with Gasteiger partial charge in [-0.2, -0.15) is 0 Å². The topological polar surface area (TPSA) is 30.5 Å². The molecule has 1 rings (SSSR count). The predicted octanol–water partition coefficient (Wildman–Crippen LogP) is 3.55. The minimum atomic E-state index is -0.276. The van der Waals surface area contributed by atoms with Crippen molar-refractivity contribution < 1.29 is 13.9 Å². The molecule has 0 bridgehead atoms. The number of methoxy groups -OCH3 is 2. The van der Waals surface area contributed by atoms with Gasteiger partial charge in [0, 0.05) is 18.7 Å². The number of hydrogen-bond donors (Lipinski definition) is 1. The number of likely N-dealkylation sites (N-methyl/N-ethyl adjacent to an activating group) is 1. The van der Waals surface area contributed by atoms with Crippen LogP contribution in [0.5, 0.6) is 5.75 Å². The van der Waals surface area contributed by atoms with E-state index < -0.39 is 0 Å². The molecule has 4 heteroatoms. The van der Waals surface area contributed by atoms with Crippen LogP contribution in [0.2, 0.25) is 0 Å². The lowest BCUT2D eigenvalue weighted by molar-refractivity contribution is -0.0124. The van der Waals surface area contributed by atoms with E-state index in [1.807, 2.05) is 6.92 Å². The zero-order chi connectivity index (χ0) is 15.3. The molecule has 1 aromatic carbocycles. The minimum absolute atomic E-state index is 0.103. The van der Waals surface area contributed by atoms with Gasteiger partial charge in [0.05, 0.1) is 19.3 Å². The summed E-state index contributed by atoms with van der Waals surface area (Å²) in [5.41, 5.74) is 0.503. The van der Waals surface area contributed by atoms with Gasteiger partial charge < -0.3 is 14.8 Å². The summed E-state index contributed by atoms with van der Waals surface area (Å²) in [7, 11) is 3.20. The second-order valence-corrected chi connectivity index (χ2v) is 5.95. The van der Waals surface area contributed by atoms with Crippen molar-refractivity contribution in [3.05, 3.63) is 29.6 Å². The number of nitrogens with one attached hydrogen (secondary N) is 1. The van der Waals surface area contributed by atoms with Crippen molar-refractivity contribution in [2.24, 2.45) is 5.41 Å². The summed E-state index contributed by atoms with van der Waals surface area (Å²) in [5.74, 6) is 0.243. The zero-order valence-corrected chi connectivity index (χ0v) is 13.3. The Morgan fingerprint density at radius 2 is 1.90 bits per heavy atom. The van der Waals surface area contributed by atoms with Crippen LogP contribution in [0.3, 0.4) is 0 Å². The Morgan fingerprint density at radius 3 is 2.30 bits per heavy atom. The van der Waals surface area contributed by atoms with Gasteiger partial charge in [-0.25, -0.2) is 4.39 Å². The Balaban J connectivity index is 3.19. The molecule has 0 heterocycles. The Labute approximate surface area is 121 Å².